The van der Waals surface area contributed by atoms with Gasteiger partial charge in [0.1, 0.15) is 0 Å². The number of guanidine groups is 1. The summed E-state index contributed by atoms with van der Waals surface area (Å²) in [5, 5.41) is 6.68. The molecule has 1 aliphatic heterocycles. The molecule has 0 fully saturated rings. The molecule has 0 aliphatic carbocycles. The van der Waals surface area contributed by atoms with Crippen LogP contribution in [0.4, 0.5) is 5.69 Å². The molecule has 8 nitrogen and oxygen atoms in total. The quantitative estimate of drug-likeness (QED) is 0.158. The standard InChI is InChI=1S/C22H37N3O5.HI/c1-3-4-11-27-15-10-24-22(23-9-5-12-28-17-16-26-2)25-19-7-8-20-21(18-19)30-14-6-13-29-20;/h7-8,18H,3-6,9-17H2,1-2H3,(H2,23,24,25);1H. The molecule has 0 radical (unpaired) electrons. The largest absolute Gasteiger partial charge is 0.490 e. The van der Waals surface area contributed by atoms with Crippen molar-refractivity contribution in [3.63, 3.8) is 0 Å². The molecule has 0 bridgehead atoms. The average molecular weight is 551 g/mol. The zero-order chi connectivity index (χ0) is 21.3. The minimum atomic E-state index is 0. The lowest BCUT2D eigenvalue weighted by molar-refractivity contribution is 0.0702. The number of benzene rings is 1. The number of halogens is 1. The molecule has 2 N–H and O–H groups in total. The highest BCUT2D eigenvalue weighted by molar-refractivity contribution is 14.0. The first kappa shape index (κ1) is 27.7. The van der Waals surface area contributed by atoms with Crippen LogP contribution in [0.3, 0.4) is 0 Å². The van der Waals surface area contributed by atoms with E-state index in [4.69, 9.17) is 23.7 Å². The van der Waals surface area contributed by atoms with Gasteiger partial charge in [-0.25, -0.2) is 0 Å². The van der Waals surface area contributed by atoms with Crippen LogP contribution >= 0.6 is 24.0 Å². The Morgan fingerprint density at radius 2 is 1.77 bits per heavy atom. The van der Waals surface area contributed by atoms with E-state index in [1.165, 1.54) is 0 Å². The molecule has 1 aromatic carbocycles. The molecule has 0 amide bonds. The van der Waals surface area contributed by atoms with Crippen LogP contribution < -0.4 is 20.1 Å². The highest BCUT2D eigenvalue weighted by Gasteiger charge is 2.11. The lowest BCUT2D eigenvalue weighted by atomic mass is 10.3. The second-order valence-corrected chi connectivity index (χ2v) is 6.92. The van der Waals surface area contributed by atoms with Gasteiger partial charge in [-0.05, 0) is 25.0 Å². The Morgan fingerprint density at radius 1 is 1.00 bits per heavy atom. The fraction of sp³-hybridized carbons (Fsp3) is 0.682. The van der Waals surface area contributed by atoms with E-state index < -0.39 is 0 Å². The molecule has 0 spiro atoms. The maximum Gasteiger partial charge on any atom is 0.195 e. The first-order valence-corrected chi connectivity index (χ1v) is 10.9. The van der Waals surface area contributed by atoms with E-state index in [1.54, 1.807) is 7.11 Å². The molecule has 0 saturated heterocycles. The lowest BCUT2D eigenvalue weighted by Crippen LogP contribution is -2.33. The van der Waals surface area contributed by atoms with Gasteiger partial charge in [-0.2, -0.15) is 0 Å². The molecular formula is C22H38IN3O5. The SMILES string of the molecule is CCCCOCCNC(=NCCCOCCOC)Nc1ccc2c(c1)OCCCO2.I. The molecule has 1 aliphatic rings. The van der Waals surface area contributed by atoms with Crippen LogP contribution in [0, 0.1) is 0 Å². The summed E-state index contributed by atoms with van der Waals surface area (Å²) in [6.45, 7) is 8.14. The number of methoxy groups -OCH3 is 1. The summed E-state index contributed by atoms with van der Waals surface area (Å²) in [4.78, 5) is 4.66. The van der Waals surface area contributed by atoms with Crippen molar-refractivity contribution in [2.75, 3.05) is 71.8 Å². The fourth-order valence-electron chi connectivity index (χ4n) is 2.71. The van der Waals surface area contributed by atoms with Crippen LogP contribution in [0.25, 0.3) is 0 Å². The number of unbranched alkanes of at least 4 members (excludes halogenated alkanes) is 1. The maximum absolute atomic E-state index is 5.78. The van der Waals surface area contributed by atoms with Gasteiger partial charge in [0.05, 0.1) is 33.0 Å². The number of nitrogens with one attached hydrogen (secondary N) is 2. The number of hydrogen-bond donors (Lipinski definition) is 2. The van der Waals surface area contributed by atoms with Crippen molar-refractivity contribution in [3.8, 4) is 11.5 Å². The van der Waals surface area contributed by atoms with Gasteiger partial charge >= 0.3 is 0 Å². The Hall–Kier alpha value is -1.30. The number of aliphatic imine (C=N–C) groups is 1. The van der Waals surface area contributed by atoms with Gasteiger partial charge in [-0.1, -0.05) is 13.3 Å². The van der Waals surface area contributed by atoms with E-state index in [9.17, 15) is 0 Å². The van der Waals surface area contributed by atoms with Crippen LogP contribution in [0.2, 0.25) is 0 Å². The maximum atomic E-state index is 5.78. The number of nitrogens with zero attached hydrogens (tertiary/aromatic N) is 1. The van der Waals surface area contributed by atoms with Crippen molar-refractivity contribution in [3.05, 3.63) is 18.2 Å². The summed E-state index contributed by atoms with van der Waals surface area (Å²) >= 11 is 0. The van der Waals surface area contributed by atoms with E-state index in [-0.39, 0.29) is 24.0 Å². The second-order valence-electron chi connectivity index (χ2n) is 6.92. The Labute approximate surface area is 203 Å². The Morgan fingerprint density at radius 3 is 2.58 bits per heavy atom. The molecular weight excluding hydrogens is 513 g/mol. The molecule has 0 atom stereocenters. The number of fused-ring (bicyclic) bond motifs is 1. The topological polar surface area (TPSA) is 82.6 Å². The minimum Gasteiger partial charge on any atom is -0.490 e. The molecule has 0 unspecified atom stereocenters. The number of anilines is 1. The van der Waals surface area contributed by atoms with Crippen LogP contribution in [0.15, 0.2) is 23.2 Å². The molecule has 9 heteroatoms. The molecule has 0 saturated carbocycles. The predicted octanol–water partition coefficient (Wildman–Crippen LogP) is 3.69. The van der Waals surface area contributed by atoms with Crippen molar-refractivity contribution in [2.45, 2.75) is 32.6 Å². The van der Waals surface area contributed by atoms with Crippen molar-refractivity contribution >= 4 is 35.6 Å². The van der Waals surface area contributed by atoms with E-state index in [2.05, 4.69) is 22.5 Å². The van der Waals surface area contributed by atoms with Crippen molar-refractivity contribution in [2.24, 2.45) is 4.99 Å². The summed E-state index contributed by atoms with van der Waals surface area (Å²) < 4.78 is 27.6. The molecule has 178 valence electrons. The number of ether oxygens (including phenoxy) is 5. The zero-order valence-electron chi connectivity index (χ0n) is 18.8. The van der Waals surface area contributed by atoms with Gasteiger partial charge in [0.2, 0.25) is 0 Å². The summed E-state index contributed by atoms with van der Waals surface area (Å²) in [5.74, 6) is 2.24. The highest BCUT2D eigenvalue weighted by Crippen LogP contribution is 2.32. The van der Waals surface area contributed by atoms with E-state index in [1.807, 2.05) is 18.2 Å². The molecule has 1 aromatic rings. The molecule has 2 rings (SSSR count). The number of hydrogen-bond acceptors (Lipinski definition) is 6. The Balaban J connectivity index is 0.00000480. The number of rotatable bonds is 14. The third-order valence-electron chi connectivity index (χ3n) is 4.34. The third kappa shape index (κ3) is 12.4. The van der Waals surface area contributed by atoms with Gasteiger partial charge in [-0.15, -0.1) is 24.0 Å². The van der Waals surface area contributed by atoms with Crippen LogP contribution in [0.5, 0.6) is 11.5 Å². The van der Waals surface area contributed by atoms with Gasteiger partial charge in [0.25, 0.3) is 0 Å². The van der Waals surface area contributed by atoms with Crippen molar-refractivity contribution in [1.82, 2.24) is 5.32 Å². The van der Waals surface area contributed by atoms with Gasteiger partial charge < -0.3 is 34.3 Å². The Kier molecular flexibility index (Phi) is 16.4. The summed E-state index contributed by atoms with van der Waals surface area (Å²) in [6.07, 6.45) is 3.94. The third-order valence-corrected chi connectivity index (χ3v) is 4.34. The first-order valence-electron chi connectivity index (χ1n) is 10.9. The minimum absolute atomic E-state index is 0. The zero-order valence-corrected chi connectivity index (χ0v) is 21.2. The van der Waals surface area contributed by atoms with E-state index in [0.717, 1.165) is 49.5 Å². The van der Waals surface area contributed by atoms with Crippen LogP contribution in [0.1, 0.15) is 32.6 Å². The smallest absolute Gasteiger partial charge is 0.195 e. The highest BCUT2D eigenvalue weighted by atomic mass is 127. The molecule has 0 aromatic heterocycles. The average Bonchev–Trinajstić information content (AvgIpc) is 3.00. The van der Waals surface area contributed by atoms with E-state index >= 15 is 0 Å². The molecule has 1 heterocycles. The predicted molar refractivity (Wildman–Crippen MR) is 134 cm³/mol. The molecule has 31 heavy (non-hydrogen) atoms. The van der Waals surface area contributed by atoms with Gasteiger partial charge in [-0.3, -0.25) is 4.99 Å². The summed E-state index contributed by atoms with van der Waals surface area (Å²) in [5.41, 5.74) is 0.897. The van der Waals surface area contributed by atoms with Crippen molar-refractivity contribution in [1.29, 1.82) is 0 Å². The van der Waals surface area contributed by atoms with Crippen LogP contribution in [-0.4, -0.2) is 72.4 Å². The van der Waals surface area contributed by atoms with Gasteiger partial charge in [0.15, 0.2) is 17.5 Å². The summed E-state index contributed by atoms with van der Waals surface area (Å²) in [6, 6.07) is 5.85. The monoisotopic (exact) mass is 551 g/mol. The van der Waals surface area contributed by atoms with Crippen molar-refractivity contribution < 1.29 is 23.7 Å². The van der Waals surface area contributed by atoms with Gasteiger partial charge in [0, 0.05) is 51.6 Å². The normalized spacial score (nSPS) is 13.3. The first-order chi connectivity index (χ1) is 14.8. The Bertz CT molecular complexity index is 619. The van der Waals surface area contributed by atoms with E-state index in [0.29, 0.717) is 58.7 Å². The van der Waals surface area contributed by atoms with Crippen LogP contribution in [-0.2, 0) is 14.2 Å². The lowest BCUT2D eigenvalue weighted by Gasteiger charge is -2.15. The second kappa shape index (κ2) is 18.3. The fourth-order valence-corrected chi connectivity index (χ4v) is 2.71. The summed E-state index contributed by atoms with van der Waals surface area (Å²) in [7, 11) is 1.67.